The quantitative estimate of drug-likeness (QED) is 0.831. The number of rotatable bonds is 3. The molecule has 2 rings (SSSR count). The third kappa shape index (κ3) is 1.76. The van der Waals surface area contributed by atoms with Crippen molar-refractivity contribution in [1.29, 1.82) is 0 Å². The van der Waals surface area contributed by atoms with Crippen LogP contribution in [0.2, 0.25) is 0 Å². The number of hydrogen-bond acceptors (Lipinski definition) is 3. The van der Waals surface area contributed by atoms with Crippen LogP contribution in [0, 0.1) is 0 Å². The maximum absolute atomic E-state index is 5.77. The van der Waals surface area contributed by atoms with Gasteiger partial charge in [-0.1, -0.05) is 18.2 Å². The van der Waals surface area contributed by atoms with Crippen LogP contribution in [0.25, 0.3) is 11.0 Å². The lowest BCUT2D eigenvalue weighted by molar-refractivity contribution is 0.305. The van der Waals surface area contributed by atoms with Crippen LogP contribution in [-0.2, 0) is 0 Å². The second kappa shape index (κ2) is 4.04. The Morgan fingerprint density at radius 3 is 2.73 bits per heavy atom. The molecule has 1 aromatic carbocycles. The molecule has 0 aliphatic heterocycles. The molecule has 0 aliphatic carbocycles. The number of fused-ring (bicyclic) bond motifs is 1. The summed E-state index contributed by atoms with van der Waals surface area (Å²) in [4.78, 5) is 2.11. The molecule has 0 aliphatic rings. The first-order valence-corrected chi connectivity index (χ1v) is 5.06. The molecule has 0 radical (unpaired) electrons. The molecule has 1 atom stereocenters. The zero-order valence-corrected chi connectivity index (χ0v) is 9.10. The SMILES string of the molecule is CN(C)C(CN)c1coc2ccccc12. The molecule has 2 N–H and O–H groups in total. The van der Waals surface area contributed by atoms with E-state index in [-0.39, 0.29) is 6.04 Å². The predicted molar refractivity (Wildman–Crippen MR) is 61.7 cm³/mol. The summed E-state index contributed by atoms with van der Waals surface area (Å²) < 4.78 is 5.50. The zero-order valence-electron chi connectivity index (χ0n) is 9.10. The first-order chi connectivity index (χ1) is 7.24. The van der Waals surface area contributed by atoms with Gasteiger partial charge in [0, 0.05) is 17.5 Å². The predicted octanol–water partition coefficient (Wildman–Crippen LogP) is 1.99. The summed E-state index contributed by atoms with van der Waals surface area (Å²) in [5.74, 6) is 0. The minimum Gasteiger partial charge on any atom is -0.464 e. The Morgan fingerprint density at radius 1 is 1.33 bits per heavy atom. The van der Waals surface area contributed by atoms with Crippen LogP contribution in [-0.4, -0.2) is 25.5 Å². The Labute approximate surface area is 89.5 Å². The van der Waals surface area contributed by atoms with Crippen molar-refractivity contribution in [3.05, 3.63) is 36.1 Å². The van der Waals surface area contributed by atoms with E-state index in [9.17, 15) is 0 Å². The van der Waals surface area contributed by atoms with Gasteiger partial charge in [-0.3, -0.25) is 0 Å². The molecule has 0 fully saturated rings. The van der Waals surface area contributed by atoms with Gasteiger partial charge in [-0.2, -0.15) is 0 Å². The van der Waals surface area contributed by atoms with Crippen molar-refractivity contribution >= 4 is 11.0 Å². The molecule has 0 spiro atoms. The van der Waals surface area contributed by atoms with Gasteiger partial charge in [-0.15, -0.1) is 0 Å². The average Bonchev–Trinajstić information content (AvgIpc) is 2.63. The first-order valence-electron chi connectivity index (χ1n) is 5.06. The van der Waals surface area contributed by atoms with E-state index >= 15 is 0 Å². The van der Waals surface area contributed by atoms with Gasteiger partial charge >= 0.3 is 0 Å². The summed E-state index contributed by atoms with van der Waals surface area (Å²) >= 11 is 0. The normalized spacial score (nSPS) is 13.6. The van der Waals surface area contributed by atoms with Gasteiger partial charge in [0.1, 0.15) is 5.58 Å². The van der Waals surface area contributed by atoms with Gasteiger partial charge in [-0.05, 0) is 20.2 Å². The summed E-state index contributed by atoms with van der Waals surface area (Å²) in [5, 5.41) is 1.15. The highest BCUT2D eigenvalue weighted by Crippen LogP contribution is 2.27. The lowest BCUT2D eigenvalue weighted by atomic mass is 10.1. The molecule has 2 aromatic rings. The van der Waals surface area contributed by atoms with E-state index in [1.165, 1.54) is 0 Å². The van der Waals surface area contributed by atoms with E-state index in [0.29, 0.717) is 6.54 Å². The second-order valence-corrected chi connectivity index (χ2v) is 3.90. The fourth-order valence-corrected chi connectivity index (χ4v) is 1.87. The molecular formula is C12H16N2O. The van der Waals surface area contributed by atoms with Crippen molar-refractivity contribution in [2.24, 2.45) is 5.73 Å². The second-order valence-electron chi connectivity index (χ2n) is 3.90. The Bertz CT molecular complexity index is 448. The minimum atomic E-state index is 0.216. The van der Waals surface area contributed by atoms with E-state index < -0.39 is 0 Å². The van der Waals surface area contributed by atoms with Crippen LogP contribution in [0.4, 0.5) is 0 Å². The van der Waals surface area contributed by atoms with Crippen LogP contribution >= 0.6 is 0 Å². The summed E-state index contributed by atoms with van der Waals surface area (Å²) in [6.45, 7) is 0.594. The summed E-state index contributed by atoms with van der Waals surface area (Å²) in [5.41, 5.74) is 7.86. The van der Waals surface area contributed by atoms with Crippen molar-refractivity contribution in [2.75, 3.05) is 20.6 Å². The van der Waals surface area contributed by atoms with Crippen LogP contribution in [0.1, 0.15) is 11.6 Å². The van der Waals surface area contributed by atoms with Gasteiger partial charge in [-0.25, -0.2) is 0 Å². The Morgan fingerprint density at radius 2 is 2.07 bits per heavy atom. The van der Waals surface area contributed by atoms with Crippen LogP contribution in [0.15, 0.2) is 34.9 Å². The molecule has 15 heavy (non-hydrogen) atoms. The molecule has 3 heteroatoms. The Hall–Kier alpha value is -1.32. The summed E-state index contributed by atoms with van der Waals surface area (Å²) in [6, 6.07) is 8.25. The molecule has 0 saturated carbocycles. The zero-order chi connectivity index (χ0) is 10.8. The topological polar surface area (TPSA) is 42.4 Å². The third-order valence-corrected chi connectivity index (χ3v) is 2.72. The number of nitrogens with two attached hydrogens (primary N) is 1. The number of furan rings is 1. The molecule has 1 unspecified atom stereocenters. The van der Waals surface area contributed by atoms with Crippen molar-refractivity contribution in [1.82, 2.24) is 4.90 Å². The molecule has 0 bridgehead atoms. The van der Waals surface area contributed by atoms with E-state index in [2.05, 4.69) is 11.0 Å². The Kier molecular flexibility index (Phi) is 2.75. The standard InChI is InChI=1S/C12H16N2O/c1-14(2)11(7-13)10-8-15-12-6-4-3-5-9(10)12/h3-6,8,11H,7,13H2,1-2H3. The highest BCUT2D eigenvalue weighted by molar-refractivity contribution is 5.81. The van der Waals surface area contributed by atoms with Gasteiger partial charge in [0.15, 0.2) is 0 Å². The number of para-hydroxylation sites is 1. The molecule has 3 nitrogen and oxygen atoms in total. The van der Waals surface area contributed by atoms with Crippen molar-refractivity contribution < 1.29 is 4.42 Å². The maximum atomic E-state index is 5.77. The number of benzene rings is 1. The minimum absolute atomic E-state index is 0.216. The van der Waals surface area contributed by atoms with Crippen molar-refractivity contribution in [2.45, 2.75) is 6.04 Å². The molecule has 80 valence electrons. The lowest BCUT2D eigenvalue weighted by Gasteiger charge is -2.21. The van der Waals surface area contributed by atoms with Crippen LogP contribution in [0.5, 0.6) is 0 Å². The largest absolute Gasteiger partial charge is 0.464 e. The van der Waals surface area contributed by atoms with Crippen molar-refractivity contribution in [3.8, 4) is 0 Å². The molecule has 1 aromatic heterocycles. The van der Waals surface area contributed by atoms with E-state index in [0.717, 1.165) is 16.5 Å². The van der Waals surface area contributed by atoms with E-state index in [1.807, 2.05) is 38.6 Å². The number of likely N-dealkylation sites (N-methyl/N-ethyl adjacent to an activating group) is 1. The van der Waals surface area contributed by atoms with Gasteiger partial charge in [0.2, 0.25) is 0 Å². The van der Waals surface area contributed by atoms with Gasteiger partial charge in [0.25, 0.3) is 0 Å². The highest BCUT2D eigenvalue weighted by atomic mass is 16.3. The molecule has 0 amide bonds. The monoisotopic (exact) mass is 204 g/mol. The molecule has 0 saturated heterocycles. The van der Waals surface area contributed by atoms with Crippen LogP contribution < -0.4 is 5.73 Å². The van der Waals surface area contributed by atoms with E-state index in [1.54, 1.807) is 0 Å². The van der Waals surface area contributed by atoms with E-state index in [4.69, 9.17) is 10.2 Å². The van der Waals surface area contributed by atoms with Gasteiger partial charge in [0.05, 0.1) is 12.3 Å². The van der Waals surface area contributed by atoms with Gasteiger partial charge < -0.3 is 15.1 Å². The number of nitrogens with zero attached hydrogens (tertiary/aromatic N) is 1. The maximum Gasteiger partial charge on any atom is 0.134 e. The average molecular weight is 204 g/mol. The van der Waals surface area contributed by atoms with Crippen molar-refractivity contribution in [3.63, 3.8) is 0 Å². The fourth-order valence-electron chi connectivity index (χ4n) is 1.87. The lowest BCUT2D eigenvalue weighted by Crippen LogP contribution is -2.26. The smallest absolute Gasteiger partial charge is 0.134 e. The number of hydrogen-bond donors (Lipinski definition) is 1. The molecule has 1 heterocycles. The summed E-state index contributed by atoms with van der Waals surface area (Å²) in [7, 11) is 4.05. The fraction of sp³-hybridized carbons (Fsp3) is 0.333. The molecular weight excluding hydrogens is 188 g/mol. The Balaban J connectivity index is 2.51. The first kappa shape index (κ1) is 10.2. The third-order valence-electron chi connectivity index (χ3n) is 2.72. The van der Waals surface area contributed by atoms with Crippen LogP contribution in [0.3, 0.4) is 0 Å². The summed E-state index contributed by atoms with van der Waals surface area (Å²) in [6.07, 6.45) is 1.81. The highest BCUT2D eigenvalue weighted by Gasteiger charge is 2.17.